The zero-order chi connectivity index (χ0) is 22.4. The molecule has 1 heterocycles. The van der Waals surface area contributed by atoms with E-state index < -0.39 is 18.3 Å². The van der Waals surface area contributed by atoms with Crippen molar-refractivity contribution in [1.29, 1.82) is 0 Å². The van der Waals surface area contributed by atoms with Crippen LogP contribution in [0.5, 0.6) is 5.75 Å². The van der Waals surface area contributed by atoms with E-state index in [0.717, 1.165) is 5.57 Å². The highest BCUT2D eigenvalue weighted by Gasteiger charge is 2.33. The average Bonchev–Trinajstić information content (AvgIpc) is 3.09. The van der Waals surface area contributed by atoms with Crippen molar-refractivity contribution in [2.45, 2.75) is 53.1 Å². The molecule has 0 saturated heterocycles. The molecular weight excluding hydrogens is 400 g/mol. The molecule has 9 heteroatoms. The van der Waals surface area contributed by atoms with E-state index in [-0.39, 0.29) is 36.7 Å². The Hall–Kier alpha value is -2.97. The molecule has 30 heavy (non-hydrogen) atoms. The maximum atomic E-state index is 12.9. The van der Waals surface area contributed by atoms with E-state index in [9.17, 15) is 23.2 Å². The number of amides is 1. The van der Waals surface area contributed by atoms with Gasteiger partial charge in [0.05, 0.1) is 25.0 Å². The van der Waals surface area contributed by atoms with Gasteiger partial charge in [0.1, 0.15) is 12.4 Å². The van der Waals surface area contributed by atoms with Gasteiger partial charge in [0.2, 0.25) is 0 Å². The monoisotopic (exact) mass is 425 g/mol. The Labute approximate surface area is 173 Å². The first-order chi connectivity index (χ1) is 14.2. The van der Waals surface area contributed by atoms with Crippen molar-refractivity contribution >= 4 is 23.5 Å². The Morgan fingerprint density at radius 2 is 2.00 bits per heavy atom. The van der Waals surface area contributed by atoms with Gasteiger partial charge in [-0.2, -0.15) is 8.78 Å². The number of methoxy groups -OCH3 is 1. The summed E-state index contributed by atoms with van der Waals surface area (Å²) >= 11 is 0. The van der Waals surface area contributed by atoms with Crippen LogP contribution >= 0.6 is 0 Å². The molecule has 0 radical (unpaired) electrons. The van der Waals surface area contributed by atoms with E-state index in [1.807, 2.05) is 6.92 Å². The number of anilines is 1. The Morgan fingerprint density at radius 1 is 1.30 bits per heavy atom. The van der Waals surface area contributed by atoms with Gasteiger partial charge in [-0.15, -0.1) is 0 Å². The fourth-order valence-corrected chi connectivity index (χ4v) is 3.28. The number of hydrogen-bond donors (Lipinski definition) is 1. The van der Waals surface area contributed by atoms with Crippen LogP contribution in [0, 0.1) is 6.92 Å². The minimum atomic E-state index is -3.25. The lowest BCUT2D eigenvalue weighted by Gasteiger charge is -2.19. The standard InChI is InChI=1S/C21H25F2NO6/c1-5-29-15(25)9-7-11(2)6-8-13-17(24-20(26)19(22)23)16-14(10-30-21(16)27)12(3)18(13)28-4/h6,19H,5,7-10H2,1-4H3,(H,24,26)/b11-6+. The number of rotatable bonds is 9. The Morgan fingerprint density at radius 3 is 2.60 bits per heavy atom. The van der Waals surface area contributed by atoms with E-state index in [0.29, 0.717) is 35.5 Å². The molecule has 1 aliphatic rings. The van der Waals surface area contributed by atoms with Gasteiger partial charge < -0.3 is 19.5 Å². The Bertz CT molecular complexity index is 879. The molecule has 164 valence electrons. The van der Waals surface area contributed by atoms with Gasteiger partial charge in [-0.1, -0.05) is 11.6 Å². The summed E-state index contributed by atoms with van der Waals surface area (Å²) in [4.78, 5) is 35.5. The average molecular weight is 425 g/mol. The molecule has 0 saturated carbocycles. The van der Waals surface area contributed by atoms with Crippen molar-refractivity contribution in [1.82, 2.24) is 0 Å². The third-order valence-electron chi connectivity index (χ3n) is 4.81. The zero-order valence-corrected chi connectivity index (χ0v) is 17.4. The first-order valence-electron chi connectivity index (χ1n) is 9.50. The quantitative estimate of drug-likeness (QED) is 0.479. The number of alkyl halides is 2. The fourth-order valence-electron chi connectivity index (χ4n) is 3.28. The molecule has 1 aromatic rings. The second kappa shape index (κ2) is 10.2. The van der Waals surface area contributed by atoms with Gasteiger partial charge in [0.15, 0.2) is 0 Å². The summed E-state index contributed by atoms with van der Waals surface area (Å²) in [5, 5.41) is 2.16. The Balaban J connectivity index is 2.44. The minimum Gasteiger partial charge on any atom is -0.496 e. The van der Waals surface area contributed by atoms with Crippen molar-refractivity contribution in [2.75, 3.05) is 19.0 Å². The number of allylic oxidation sites excluding steroid dienone is 2. The highest BCUT2D eigenvalue weighted by molar-refractivity contribution is 6.06. The highest BCUT2D eigenvalue weighted by atomic mass is 19.3. The van der Waals surface area contributed by atoms with Crippen molar-refractivity contribution < 1.29 is 37.4 Å². The molecule has 1 N–H and O–H groups in total. The van der Waals surface area contributed by atoms with Crippen LogP contribution in [-0.2, 0) is 32.1 Å². The van der Waals surface area contributed by atoms with Crippen molar-refractivity contribution in [3.05, 3.63) is 33.9 Å². The molecule has 0 aliphatic carbocycles. The van der Waals surface area contributed by atoms with Crippen LogP contribution in [0.4, 0.5) is 14.5 Å². The number of hydrogen-bond acceptors (Lipinski definition) is 6. The molecule has 1 aromatic carbocycles. The second-order valence-corrected chi connectivity index (χ2v) is 6.79. The summed E-state index contributed by atoms with van der Waals surface area (Å²) in [7, 11) is 1.42. The lowest BCUT2D eigenvalue weighted by molar-refractivity contribution is -0.143. The summed E-state index contributed by atoms with van der Waals surface area (Å²) in [6.45, 7) is 5.55. The van der Waals surface area contributed by atoms with Crippen LogP contribution in [0.25, 0.3) is 0 Å². The number of halogens is 2. The van der Waals surface area contributed by atoms with E-state index >= 15 is 0 Å². The number of carbonyl (C=O) groups is 3. The molecule has 7 nitrogen and oxygen atoms in total. The summed E-state index contributed by atoms with van der Waals surface area (Å²) in [6, 6.07) is 0. The van der Waals surface area contributed by atoms with Crippen molar-refractivity contribution in [2.24, 2.45) is 0 Å². The van der Waals surface area contributed by atoms with Gasteiger partial charge in [0, 0.05) is 17.5 Å². The molecule has 0 fully saturated rings. The highest BCUT2D eigenvalue weighted by Crippen LogP contribution is 2.41. The number of nitrogens with one attached hydrogen (secondary N) is 1. The largest absolute Gasteiger partial charge is 0.496 e. The normalized spacial score (nSPS) is 13.2. The smallest absolute Gasteiger partial charge is 0.341 e. The number of carbonyl (C=O) groups excluding carboxylic acids is 3. The zero-order valence-electron chi connectivity index (χ0n) is 17.4. The molecule has 0 unspecified atom stereocenters. The van der Waals surface area contributed by atoms with Crippen LogP contribution in [0.2, 0.25) is 0 Å². The first-order valence-corrected chi connectivity index (χ1v) is 9.50. The van der Waals surface area contributed by atoms with Crippen molar-refractivity contribution in [3.8, 4) is 5.75 Å². The molecule has 2 rings (SSSR count). The summed E-state index contributed by atoms with van der Waals surface area (Å²) < 4.78 is 41.2. The SMILES string of the molecule is CCOC(=O)CC/C(C)=C/Cc1c(NC(=O)C(F)F)c2c(c(C)c1OC)COC2=O. The molecule has 0 spiro atoms. The molecule has 1 aliphatic heterocycles. The predicted molar refractivity (Wildman–Crippen MR) is 105 cm³/mol. The maximum Gasteiger partial charge on any atom is 0.341 e. The fraction of sp³-hybridized carbons (Fsp3) is 0.476. The topological polar surface area (TPSA) is 90.9 Å². The number of esters is 2. The van der Waals surface area contributed by atoms with E-state index in [1.54, 1.807) is 19.9 Å². The van der Waals surface area contributed by atoms with Gasteiger partial charge in [0.25, 0.3) is 5.91 Å². The van der Waals surface area contributed by atoms with Crippen LogP contribution in [0.3, 0.4) is 0 Å². The Kier molecular flexibility index (Phi) is 7.91. The number of benzene rings is 1. The van der Waals surface area contributed by atoms with E-state index in [1.165, 1.54) is 7.11 Å². The summed E-state index contributed by atoms with van der Waals surface area (Å²) in [6.07, 6.45) is -0.608. The van der Waals surface area contributed by atoms with E-state index in [4.69, 9.17) is 14.2 Å². The third-order valence-corrected chi connectivity index (χ3v) is 4.81. The molecular formula is C21H25F2NO6. The lowest BCUT2D eigenvalue weighted by atomic mass is 9.93. The minimum absolute atomic E-state index is 0.0252. The number of cyclic esters (lactones) is 1. The predicted octanol–water partition coefficient (Wildman–Crippen LogP) is 3.71. The first kappa shape index (κ1) is 23.3. The molecule has 0 aromatic heterocycles. The third kappa shape index (κ3) is 5.14. The maximum absolute atomic E-state index is 12.9. The van der Waals surface area contributed by atoms with Gasteiger partial charge >= 0.3 is 18.4 Å². The summed E-state index contributed by atoms with van der Waals surface area (Å²) in [5.74, 6) is -2.15. The molecule has 0 atom stereocenters. The van der Waals surface area contributed by atoms with Crippen LogP contribution in [0.15, 0.2) is 11.6 Å². The van der Waals surface area contributed by atoms with Crippen LogP contribution < -0.4 is 10.1 Å². The van der Waals surface area contributed by atoms with Crippen LogP contribution in [-0.4, -0.2) is 38.0 Å². The molecule has 0 bridgehead atoms. The molecule has 1 amide bonds. The van der Waals surface area contributed by atoms with Gasteiger partial charge in [-0.3, -0.25) is 9.59 Å². The summed E-state index contributed by atoms with van der Waals surface area (Å²) in [5.41, 5.74) is 2.41. The number of fused-ring (bicyclic) bond motifs is 1. The lowest BCUT2D eigenvalue weighted by Crippen LogP contribution is -2.23. The second-order valence-electron chi connectivity index (χ2n) is 6.79. The van der Waals surface area contributed by atoms with Crippen LogP contribution in [0.1, 0.15) is 53.7 Å². The number of ether oxygens (including phenoxy) is 3. The van der Waals surface area contributed by atoms with Crippen molar-refractivity contribution in [3.63, 3.8) is 0 Å². The van der Waals surface area contributed by atoms with E-state index in [2.05, 4.69) is 5.32 Å². The van der Waals surface area contributed by atoms with Gasteiger partial charge in [-0.05, 0) is 39.2 Å². The van der Waals surface area contributed by atoms with Gasteiger partial charge in [-0.25, -0.2) is 4.79 Å².